The molecule has 0 fully saturated rings. The van der Waals surface area contributed by atoms with Gasteiger partial charge < -0.3 is 34.8 Å². The Balaban J connectivity index is 0.000000104. The molecule has 0 saturated carbocycles. The van der Waals surface area contributed by atoms with Crippen molar-refractivity contribution < 1.29 is 39.6 Å². The van der Waals surface area contributed by atoms with Crippen LogP contribution in [0.3, 0.4) is 0 Å². The van der Waals surface area contributed by atoms with E-state index in [1.54, 1.807) is 0 Å². The topological polar surface area (TPSA) is 158 Å². The number of fused-ring (bicyclic) bond motifs is 2. The standard InChI is InChI=1S/C21H14O2.C18H14O4.3C18H15S.C17H14O2/c22-20(23)21-16-10-4-1-7-13(16)19(14-8-2-5-11-17(14)21)15-9-3-6-12-18(15)21;19-17(20)15-13-9-5-1-2-6-10(9)14(16(15)18(21)22)12-8-4-3-7-11(12)13;3*1-4-10-16(11-5-1)19(17-12-6-2-7-13-17)18-14-8-3-9-15-18;18-17(19)15-9-14-10-5-1-3-7-12(10)16(15)13-8-4-2-6-11(13)14/h1-12,19H,(H,22,23);1-8,13-16H,(H,19,20)(H,21,22);3*1-15H;1-8,14-16H,9H2,(H,18,19)/q;;3*+1;/p-3. The predicted molar refractivity (Wildman–Crippen MR) is 476 cm³/mol. The third-order valence-electron chi connectivity index (χ3n) is 23.7. The average Bonchev–Trinajstić information content (AvgIpc) is 0.688. The van der Waals surface area contributed by atoms with Crippen molar-refractivity contribution in [2.75, 3.05) is 0 Å². The summed E-state index contributed by atoms with van der Waals surface area (Å²) in [7, 11) is -0.0439. The maximum atomic E-state index is 12.5. The fourth-order valence-corrected chi connectivity index (χ4v) is 25.2. The van der Waals surface area contributed by atoms with Crippen LogP contribution in [-0.2, 0) is 57.3 Å². The van der Waals surface area contributed by atoms with E-state index in [4.69, 9.17) is 0 Å². The lowest BCUT2D eigenvalue weighted by Gasteiger charge is -2.51. The smallest absolute Gasteiger partial charge is 0.308 e. The molecule has 9 aliphatic rings. The van der Waals surface area contributed by atoms with Crippen LogP contribution in [-0.4, -0.2) is 29.0 Å². The molecule has 0 saturated heterocycles. The lowest BCUT2D eigenvalue weighted by atomic mass is 9.53. The van der Waals surface area contributed by atoms with Crippen molar-refractivity contribution >= 4 is 56.6 Å². The van der Waals surface area contributed by atoms with Crippen molar-refractivity contribution in [3.05, 3.63) is 521 Å². The highest BCUT2D eigenvalue weighted by molar-refractivity contribution is 7.97. The summed E-state index contributed by atoms with van der Waals surface area (Å²) in [5, 5.41) is 45.3. The van der Waals surface area contributed by atoms with Gasteiger partial charge in [0.2, 0.25) is 0 Å². The second-order valence-corrected chi connectivity index (χ2v) is 36.4. The minimum absolute atomic E-state index is 0.0146. The van der Waals surface area contributed by atoms with Crippen LogP contribution in [0, 0.1) is 17.8 Å². The lowest BCUT2D eigenvalue weighted by Crippen LogP contribution is -2.53. The first-order valence-corrected chi connectivity index (χ1v) is 44.3. The first-order valence-electron chi connectivity index (χ1n) is 40.7. The van der Waals surface area contributed by atoms with Crippen LogP contribution >= 0.6 is 0 Å². The molecule has 8 nitrogen and oxygen atoms in total. The molecule has 16 aromatic rings. The van der Waals surface area contributed by atoms with Crippen LogP contribution in [0.5, 0.6) is 0 Å². The Morgan fingerprint density at radius 1 is 0.240 bits per heavy atom. The molecular weight excluding hydrogens is 1550 g/mol. The number of rotatable bonds is 13. The Hall–Kier alpha value is -13.6. The van der Waals surface area contributed by atoms with E-state index < -0.39 is 58.9 Å². The monoisotopic (exact) mass is 1630 g/mol. The second-order valence-electron chi connectivity index (χ2n) is 30.3. The van der Waals surface area contributed by atoms with Crippen molar-refractivity contribution in [3.63, 3.8) is 0 Å². The van der Waals surface area contributed by atoms with Crippen molar-refractivity contribution in [1.82, 2.24) is 0 Å². The number of carbonyl (C=O) groups excluding carboxylic acids is 3. The second kappa shape index (κ2) is 36.4. The molecule has 0 heterocycles. The van der Waals surface area contributed by atoms with Gasteiger partial charge in [0, 0.05) is 53.4 Å². The normalized spacial score (nSPS) is 18.6. The number of hydrogen-bond donors (Lipinski definition) is 1. The largest absolute Gasteiger partial charge is 0.550 e. The van der Waals surface area contributed by atoms with Crippen molar-refractivity contribution in [1.29, 1.82) is 0 Å². The lowest BCUT2D eigenvalue weighted by molar-refractivity contribution is -0.315. The number of hydrogen-bond acceptors (Lipinski definition) is 7. The van der Waals surface area contributed by atoms with Gasteiger partial charge in [0.05, 0.1) is 50.0 Å². The highest BCUT2D eigenvalue weighted by Crippen LogP contribution is 2.61. The van der Waals surface area contributed by atoms with Gasteiger partial charge in [0.25, 0.3) is 0 Å². The van der Waals surface area contributed by atoms with Crippen molar-refractivity contribution in [2.45, 2.75) is 85.5 Å². The summed E-state index contributed by atoms with van der Waals surface area (Å²) in [5.74, 6) is -7.37. The summed E-state index contributed by atoms with van der Waals surface area (Å²) in [4.78, 5) is 59.7. The van der Waals surface area contributed by atoms with Crippen LogP contribution in [0.1, 0.15) is 114 Å². The molecule has 1 N–H and O–H groups in total. The van der Waals surface area contributed by atoms with E-state index in [2.05, 4.69) is 297 Å². The molecule has 3 atom stereocenters. The Labute approximate surface area is 714 Å². The minimum atomic E-state index is -1.29. The number of benzene rings is 16. The third kappa shape index (κ3) is 15.8. The van der Waals surface area contributed by atoms with Crippen LogP contribution in [0.15, 0.2) is 487 Å². The van der Waals surface area contributed by atoms with E-state index in [0.29, 0.717) is 6.42 Å². The average molecular weight is 1630 g/mol. The molecule has 0 spiro atoms. The quantitative estimate of drug-likeness (QED) is 0.112. The van der Waals surface area contributed by atoms with Gasteiger partial charge in [-0.3, -0.25) is 4.79 Å². The van der Waals surface area contributed by atoms with Crippen LogP contribution in [0.2, 0.25) is 0 Å². The van der Waals surface area contributed by atoms with Gasteiger partial charge in [-0.15, -0.1) is 0 Å². The Morgan fingerprint density at radius 2 is 0.438 bits per heavy atom. The van der Waals surface area contributed by atoms with E-state index in [-0.39, 0.29) is 50.4 Å². The molecule has 121 heavy (non-hydrogen) atoms. The van der Waals surface area contributed by atoms with Gasteiger partial charge in [-0.05, 0) is 194 Å². The number of carboxylic acids is 4. The van der Waals surface area contributed by atoms with Crippen molar-refractivity contribution in [2.24, 2.45) is 17.8 Å². The first-order chi connectivity index (χ1) is 59.5. The summed E-state index contributed by atoms with van der Waals surface area (Å²) in [6, 6.07) is 152. The summed E-state index contributed by atoms with van der Waals surface area (Å²) in [6.07, 6.45) is 0.668. The Morgan fingerprint density at radius 3 is 0.653 bits per heavy atom. The molecule has 11 heteroatoms. The van der Waals surface area contributed by atoms with Gasteiger partial charge in [0.1, 0.15) is 0 Å². The number of carbonyl (C=O) groups is 4. The summed E-state index contributed by atoms with van der Waals surface area (Å²) >= 11 is 0. The Kier molecular flexibility index (Phi) is 24.0. The summed E-state index contributed by atoms with van der Waals surface area (Å²) in [6.45, 7) is 0. The number of carboxylic acid groups (broad SMARTS) is 4. The van der Waals surface area contributed by atoms with E-state index in [9.17, 15) is 39.6 Å². The van der Waals surface area contributed by atoms with Gasteiger partial charge in [-0.1, -0.05) is 334 Å². The van der Waals surface area contributed by atoms with Crippen LogP contribution in [0.25, 0.3) is 0 Å². The molecule has 16 aromatic carbocycles. The van der Waals surface area contributed by atoms with Gasteiger partial charge in [-0.2, -0.15) is 0 Å². The molecule has 6 bridgehead atoms. The third-order valence-corrected chi connectivity index (χ3v) is 30.4. The van der Waals surface area contributed by atoms with Crippen LogP contribution in [0.4, 0.5) is 0 Å². The molecule has 25 rings (SSSR count). The summed E-state index contributed by atoms with van der Waals surface area (Å²) in [5.41, 5.74) is 13.2. The zero-order valence-corrected chi connectivity index (χ0v) is 68.5. The molecule has 0 radical (unpaired) electrons. The van der Waals surface area contributed by atoms with Crippen molar-refractivity contribution in [3.8, 4) is 0 Å². The highest BCUT2D eigenvalue weighted by atomic mass is 32.2. The van der Waals surface area contributed by atoms with E-state index in [0.717, 1.165) is 55.6 Å². The molecule has 9 aliphatic carbocycles. The fourth-order valence-electron chi connectivity index (χ4n) is 18.9. The Bertz CT molecular complexity index is 5450. The molecule has 590 valence electrons. The maximum Gasteiger partial charge on any atom is 0.308 e. The first kappa shape index (κ1) is 79.9. The highest BCUT2D eigenvalue weighted by Gasteiger charge is 2.55. The molecule has 0 amide bonds. The molecule has 3 unspecified atom stereocenters. The minimum Gasteiger partial charge on any atom is -0.550 e. The fraction of sp³-hybridized carbons (Fsp3) is 0.0909. The predicted octanol–water partition coefficient (Wildman–Crippen LogP) is 20.3. The molecule has 0 aliphatic heterocycles. The van der Waals surface area contributed by atoms with E-state index >= 15 is 0 Å². The zero-order chi connectivity index (χ0) is 82.8. The van der Waals surface area contributed by atoms with Crippen LogP contribution < -0.4 is 15.3 Å². The van der Waals surface area contributed by atoms with Gasteiger partial charge in [0.15, 0.2) is 44.1 Å². The van der Waals surface area contributed by atoms with Gasteiger partial charge >= 0.3 is 5.97 Å². The molecular formula is C110H84O8S3. The molecule has 0 aromatic heterocycles. The van der Waals surface area contributed by atoms with E-state index in [1.165, 1.54) is 66.3 Å². The van der Waals surface area contributed by atoms with E-state index in [1.807, 2.05) is 146 Å². The SMILES string of the molecule is O=C([O-])C12c3ccccc3C(c3ccccc31)c1ccccc12.O=C([O-])C1C2c3ccccc3C(c3ccccc32)C1C(=O)O.O=C([O-])C1CC2c3ccccc3C1c1ccccc12.c1ccc([S+](c2ccccc2)c2ccccc2)cc1.c1ccc([S+](c2ccccc2)c2ccccc2)cc1.c1ccc([S+](c2ccccc2)c2ccccc2)cc1. The summed E-state index contributed by atoms with van der Waals surface area (Å²) < 4.78 is 0. The number of aliphatic carboxylic acids is 4. The van der Waals surface area contributed by atoms with Gasteiger partial charge in [-0.25, -0.2) is 0 Å². The zero-order valence-electron chi connectivity index (χ0n) is 66.0. The maximum absolute atomic E-state index is 12.5.